The Morgan fingerprint density at radius 3 is 2.29 bits per heavy atom. The summed E-state index contributed by atoms with van der Waals surface area (Å²) in [4.78, 5) is 26.4. The molecule has 2 rings (SSSR count). The molecule has 31 heavy (non-hydrogen) atoms. The van der Waals surface area contributed by atoms with E-state index in [1.807, 2.05) is 13.8 Å². The molecule has 0 aliphatic carbocycles. The SMILES string of the molecule is C[C@@H](O[Si](C)(C)C(C)(C)C)[C@H]1C(=O)N[C@@H]1[C@@H](C)C(=S)Oc1ccccc1C(=O)N(C)C. The molecule has 172 valence electrons. The van der Waals surface area contributed by atoms with Crippen LogP contribution in [0.1, 0.15) is 45.0 Å². The van der Waals surface area contributed by atoms with Crippen LogP contribution in [0.4, 0.5) is 0 Å². The van der Waals surface area contributed by atoms with Crippen molar-refractivity contribution in [2.24, 2.45) is 11.8 Å². The summed E-state index contributed by atoms with van der Waals surface area (Å²) >= 11 is 5.56. The van der Waals surface area contributed by atoms with E-state index in [4.69, 9.17) is 21.4 Å². The Kier molecular flexibility index (Phi) is 7.71. The van der Waals surface area contributed by atoms with Crippen molar-refractivity contribution in [3.8, 4) is 5.75 Å². The van der Waals surface area contributed by atoms with E-state index in [1.165, 1.54) is 4.90 Å². The van der Waals surface area contributed by atoms with Crippen molar-refractivity contribution in [2.75, 3.05) is 14.1 Å². The number of benzene rings is 1. The second-order valence-electron chi connectivity index (χ2n) is 10.0. The molecule has 1 aromatic rings. The predicted octanol–water partition coefficient (Wildman–Crippen LogP) is 4.26. The van der Waals surface area contributed by atoms with Gasteiger partial charge in [-0.05, 0) is 49.4 Å². The number of carbonyl (C=O) groups is 2. The molecule has 0 radical (unpaired) electrons. The van der Waals surface area contributed by atoms with E-state index in [0.29, 0.717) is 16.4 Å². The van der Waals surface area contributed by atoms with Crippen LogP contribution in [0.2, 0.25) is 18.1 Å². The Labute approximate surface area is 192 Å². The van der Waals surface area contributed by atoms with Gasteiger partial charge in [0, 0.05) is 20.0 Å². The molecule has 8 heteroatoms. The Hall–Kier alpha value is -1.77. The van der Waals surface area contributed by atoms with Gasteiger partial charge in [0.05, 0.1) is 23.6 Å². The average molecular weight is 465 g/mol. The van der Waals surface area contributed by atoms with Crippen molar-refractivity contribution in [2.45, 2.75) is 64.9 Å². The molecule has 1 aliphatic heterocycles. The summed E-state index contributed by atoms with van der Waals surface area (Å²) in [6.07, 6.45) is -0.215. The summed E-state index contributed by atoms with van der Waals surface area (Å²) in [5, 5.41) is 3.37. The monoisotopic (exact) mass is 464 g/mol. The number of rotatable bonds is 7. The van der Waals surface area contributed by atoms with Gasteiger partial charge in [0.25, 0.3) is 5.91 Å². The van der Waals surface area contributed by atoms with Gasteiger partial charge in [-0.1, -0.05) is 39.8 Å². The average Bonchev–Trinajstić information content (AvgIpc) is 2.63. The van der Waals surface area contributed by atoms with Crippen molar-refractivity contribution in [3.05, 3.63) is 29.8 Å². The number of hydrogen-bond acceptors (Lipinski definition) is 5. The third kappa shape index (κ3) is 5.54. The van der Waals surface area contributed by atoms with E-state index in [-0.39, 0.29) is 40.8 Å². The van der Waals surface area contributed by atoms with Crippen molar-refractivity contribution in [3.63, 3.8) is 0 Å². The largest absolute Gasteiger partial charge is 0.449 e. The van der Waals surface area contributed by atoms with Crippen molar-refractivity contribution in [1.29, 1.82) is 0 Å². The first kappa shape index (κ1) is 25.5. The van der Waals surface area contributed by atoms with E-state index in [1.54, 1.807) is 38.4 Å². The van der Waals surface area contributed by atoms with E-state index < -0.39 is 8.32 Å². The maximum atomic E-state index is 12.4. The minimum Gasteiger partial charge on any atom is -0.449 e. The third-order valence-electron chi connectivity index (χ3n) is 6.44. The summed E-state index contributed by atoms with van der Waals surface area (Å²) in [6, 6.07) is 6.87. The second-order valence-corrected chi connectivity index (χ2v) is 15.2. The number of nitrogens with zero attached hydrogens (tertiary/aromatic N) is 1. The molecule has 0 bridgehead atoms. The van der Waals surface area contributed by atoms with Crippen molar-refractivity contribution >= 4 is 37.4 Å². The van der Waals surface area contributed by atoms with Crippen molar-refractivity contribution < 1.29 is 18.8 Å². The maximum Gasteiger partial charge on any atom is 0.257 e. The number of nitrogens with one attached hydrogen (secondary N) is 1. The number of hydrogen-bond donors (Lipinski definition) is 1. The van der Waals surface area contributed by atoms with E-state index in [0.717, 1.165) is 0 Å². The fourth-order valence-corrected chi connectivity index (χ4v) is 5.06. The number of para-hydroxylation sites is 1. The van der Waals surface area contributed by atoms with Crippen LogP contribution in [0.3, 0.4) is 0 Å². The molecule has 1 aromatic carbocycles. The van der Waals surface area contributed by atoms with Gasteiger partial charge < -0.3 is 19.4 Å². The Morgan fingerprint density at radius 2 is 1.77 bits per heavy atom. The minimum atomic E-state index is -2.01. The lowest BCUT2D eigenvalue weighted by Gasteiger charge is -2.47. The summed E-state index contributed by atoms with van der Waals surface area (Å²) in [6.45, 7) is 14.8. The van der Waals surface area contributed by atoms with E-state index in [9.17, 15) is 9.59 Å². The minimum absolute atomic E-state index is 0.0194. The molecular formula is C23H36N2O4SSi. The molecule has 4 atom stereocenters. The summed E-state index contributed by atoms with van der Waals surface area (Å²) in [7, 11) is 1.37. The van der Waals surface area contributed by atoms with E-state index >= 15 is 0 Å². The van der Waals surface area contributed by atoms with Crippen LogP contribution in [0, 0.1) is 11.8 Å². The van der Waals surface area contributed by atoms with Gasteiger partial charge in [-0.25, -0.2) is 0 Å². The molecule has 1 fully saturated rings. The molecular weight excluding hydrogens is 428 g/mol. The van der Waals surface area contributed by atoms with Crippen LogP contribution < -0.4 is 10.1 Å². The first-order valence-corrected chi connectivity index (χ1v) is 14.0. The molecule has 6 nitrogen and oxygen atoms in total. The molecule has 0 saturated carbocycles. The van der Waals surface area contributed by atoms with Crippen LogP contribution >= 0.6 is 12.2 Å². The zero-order chi connectivity index (χ0) is 23.7. The van der Waals surface area contributed by atoms with Gasteiger partial charge in [-0.3, -0.25) is 9.59 Å². The topological polar surface area (TPSA) is 67.9 Å². The molecule has 1 N–H and O–H groups in total. The summed E-state index contributed by atoms with van der Waals surface area (Å²) < 4.78 is 12.4. The fourth-order valence-electron chi connectivity index (χ4n) is 3.39. The van der Waals surface area contributed by atoms with Gasteiger partial charge in [-0.15, -0.1) is 0 Å². The van der Waals surface area contributed by atoms with Crippen LogP contribution in [0.25, 0.3) is 0 Å². The van der Waals surface area contributed by atoms with Gasteiger partial charge in [0.1, 0.15) is 5.75 Å². The van der Waals surface area contributed by atoms with Crippen LogP contribution in [0.5, 0.6) is 5.75 Å². The fraction of sp³-hybridized carbons (Fsp3) is 0.609. The Balaban J connectivity index is 2.13. The number of ether oxygens (including phenoxy) is 1. The number of amides is 2. The quantitative estimate of drug-likeness (QED) is 0.371. The molecule has 0 aromatic heterocycles. The number of thiocarbonyl (C=S) groups is 1. The first-order chi connectivity index (χ1) is 14.2. The molecule has 2 amide bonds. The van der Waals surface area contributed by atoms with Crippen LogP contribution in [-0.2, 0) is 9.22 Å². The number of carbonyl (C=O) groups excluding carboxylic acids is 2. The highest BCUT2D eigenvalue weighted by atomic mass is 32.1. The van der Waals surface area contributed by atoms with Gasteiger partial charge in [-0.2, -0.15) is 0 Å². The highest BCUT2D eigenvalue weighted by molar-refractivity contribution is 7.80. The molecule has 0 spiro atoms. The second kappa shape index (κ2) is 9.38. The summed E-state index contributed by atoms with van der Waals surface area (Å²) in [5.41, 5.74) is 0.450. The standard InChI is InChI=1S/C23H36N2O4SSi/c1-14(22(30)28-17-13-11-10-12-16(17)21(27)25(6)7)19-18(20(26)24-19)15(2)29-31(8,9)23(3,4)5/h10-15,18-19H,1-9H3,(H,24,26)/t14-,15-,18-,19-/m1/s1. The van der Waals surface area contributed by atoms with E-state index in [2.05, 4.69) is 39.2 Å². The molecule has 1 aliphatic rings. The molecule has 0 unspecified atom stereocenters. The summed E-state index contributed by atoms with van der Waals surface area (Å²) in [5.74, 6) is -0.257. The lowest BCUT2D eigenvalue weighted by Crippen LogP contribution is -2.66. The first-order valence-electron chi connectivity index (χ1n) is 10.7. The molecule has 1 heterocycles. The highest BCUT2D eigenvalue weighted by Gasteiger charge is 2.50. The lowest BCUT2D eigenvalue weighted by atomic mass is 9.79. The van der Waals surface area contributed by atoms with Gasteiger partial charge in [0.15, 0.2) is 13.4 Å². The maximum absolute atomic E-state index is 12.4. The normalized spacial score (nSPS) is 20.9. The van der Waals surface area contributed by atoms with Crippen LogP contribution in [0.15, 0.2) is 24.3 Å². The van der Waals surface area contributed by atoms with Gasteiger partial charge >= 0.3 is 0 Å². The Bertz CT molecular complexity index is 850. The van der Waals surface area contributed by atoms with Gasteiger partial charge in [0.2, 0.25) is 5.91 Å². The van der Waals surface area contributed by atoms with Crippen molar-refractivity contribution in [1.82, 2.24) is 10.2 Å². The Morgan fingerprint density at radius 1 is 1.19 bits per heavy atom. The zero-order valence-corrected chi connectivity index (χ0v) is 21.9. The number of β-lactam (4-membered cyclic amide) rings is 1. The smallest absolute Gasteiger partial charge is 0.257 e. The third-order valence-corrected chi connectivity index (χ3v) is 11.5. The zero-order valence-electron chi connectivity index (χ0n) is 20.1. The molecule has 1 saturated heterocycles. The van der Waals surface area contributed by atoms with Crippen LogP contribution in [-0.4, -0.2) is 56.3 Å². The lowest BCUT2D eigenvalue weighted by molar-refractivity contribution is -0.141. The predicted molar refractivity (Wildman–Crippen MR) is 130 cm³/mol. The highest BCUT2D eigenvalue weighted by Crippen LogP contribution is 2.39.